The number of aliphatic hydroxyl groups excluding tert-OH is 2. The van der Waals surface area contributed by atoms with Crippen molar-refractivity contribution in [3.8, 4) is 11.8 Å². The lowest BCUT2D eigenvalue weighted by molar-refractivity contribution is 0.0584. The van der Waals surface area contributed by atoms with Crippen molar-refractivity contribution in [1.29, 1.82) is 0 Å². The van der Waals surface area contributed by atoms with Crippen LogP contribution in [0.15, 0.2) is 0 Å². The van der Waals surface area contributed by atoms with E-state index in [1.54, 1.807) is 6.92 Å². The van der Waals surface area contributed by atoms with Gasteiger partial charge in [0.2, 0.25) is 0 Å². The second-order valence-corrected chi connectivity index (χ2v) is 3.03. The largest absolute Gasteiger partial charge is 0.394 e. The molecule has 0 radical (unpaired) electrons. The van der Waals surface area contributed by atoms with E-state index in [-0.39, 0.29) is 6.61 Å². The van der Waals surface area contributed by atoms with Gasteiger partial charge in [0.05, 0.1) is 6.61 Å². The fourth-order valence-corrected chi connectivity index (χ4v) is 0.651. The molecule has 2 unspecified atom stereocenters. The number of nitrogens with two attached hydrogens (primary N) is 1. The van der Waals surface area contributed by atoms with Gasteiger partial charge in [-0.2, -0.15) is 0 Å². The maximum absolute atomic E-state index is 9.21. The van der Waals surface area contributed by atoms with Gasteiger partial charge in [-0.05, 0) is 13.3 Å². The maximum Gasteiger partial charge on any atom is 0.106 e. The summed E-state index contributed by atoms with van der Waals surface area (Å²) in [6.07, 6.45) is 0.769. The standard InChI is InChI=1S/C9H17NO2/c1-3-4-5-6-9(2,10)8(12)7-11/h8,11-12H,3-4,7,10H2,1-2H3. The number of unbranched alkanes of at least 4 members (excludes halogenated alkanes) is 1. The van der Waals surface area contributed by atoms with Crippen LogP contribution in [0, 0.1) is 11.8 Å². The van der Waals surface area contributed by atoms with E-state index in [1.807, 2.05) is 6.92 Å². The van der Waals surface area contributed by atoms with Crippen molar-refractivity contribution in [2.45, 2.75) is 38.3 Å². The molecule has 0 aromatic heterocycles. The number of hydrogen-bond donors (Lipinski definition) is 3. The fraction of sp³-hybridized carbons (Fsp3) is 0.778. The van der Waals surface area contributed by atoms with Crippen molar-refractivity contribution < 1.29 is 10.2 Å². The molecule has 0 amide bonds. The SMILES string of the molecule is CCCC#CC(C)(N)C(O)CO. The van der Waals surface area contributed by atoms with Gasteiger partial charge in [0.1, 0.15) is 11.6 Å². The molecule has 0 aliphatic heterocycles. The van der Waals surface area contributed by atoms with Crippen molar-refractivity contribution in [2.75, 3.05) is 6.61 Å². The van der Waals surface area contributed by atoms with Crippen molar-refractivity contribution in [1.82, 2.24) is 0 Å². The highest BCUT2D eigenvalue weighted by molar-refractivity contribution is 5.17. The minimum atomic E-state index is -0.996. The zero-order valence-corrected chi connectivity index (χ0v) is 7.67. The molecule has 4 N–H and O–H groups in total. The van der Waals surface area contributed by atoms with Crippen LogP contribution in [-0.4, -0.2) is 28.5 Å². The Balaban J connectivity index is 4.13. The molecule has 2 atom stereocenters. The Bertz CT molecular complexity index is 179. The lowest BCUT2D eigenvalue weighted by Crippen LogP contribution is -2.48. The number of aliphatic hydroxyl groups is 2. The van der Waals surface area contributed by atoms with Gasteiger partial charge in [0.15, 0.2) is 0 Å². The average Bonchev–Trinajstić information content (AvgIpc) is 2.03. The van der Waals surface area contributed by atoms with E-state index in [0.29, 0.717) is 0 Å². The molecule has 3 heteroatoms. The van der Waals surface area contributed by atoms with Gasteiger partial charge >= 0.3 is 0 Å². The van der Waals surface area contributed by atoms with E-state index in [2.05, 4.69) is 11.8 Å². The topological polar surface area (TPSA) is 66.5 Å². The molecule has 70 valence electrons. The first kappa shape index (κ1) is 11.4. The zero-order chi connectivity index (χ0) is 9.61. The third-order valence-corrected chi connectivity index (χ3v) is 1.60. The quantitative estimate of drug-likeness (QED) is 0.518. The molecule has 0 saturated carbocycles. The van der Waals surface area contributed by atoms with Crippen LogP contribution in [-0.2, 0) is 0 Å². The van der Waals surface area contributed by atoms with Gasteiger partial charge in [-0.25, -0.2) is 0 Å². The predicted molar refractivity (Wildman–Crippen MR) is 48.4 cm³/mol. The van der Waals surface area contributed by atoms with Gasteiger partial charge in [-0.15, -0.1) is 5.92 Å². The van der Waals surface area contributed by atoms with Crippen LogP contribution in [0.25, 0.3) is 0 Å². The average molecular weight is 171 g/mol. The summed E-state index contributed by atoms with van der Waals surface area (Å²) in [7, 11) is 0. The highest BCUT2D eigenvalue weighted by atomic mass is 16.3. The van der Waals surface area contributed by atoms with Gasteiger partial charge in [0.25, 0.3) is 0 Å². The minimum absolute atomic E-state index is 0.353. The minimum Gasteiger partial charge on any atom is -0.394 e. The molecule has 0 bridgehead atoms. The molecule has 0 aliphatic carbocycles. The normalized spacial score (nSPS) is 17.4. The van der Waals surface area contributed by atoms with E-state index in [1.165, 1.54) is 0 Å². The smallest absolute Gasteiger partial charge is 0.106 e. The summed E-state index contributed by atoms with van der Waals surface area (Å²) in [5.41, 5.74) is 4.63. The zero-order valence-electron chi connectivity index (χ0n) is 7.67. The Morgan fingerprint density at radius 3 is 2.58 bits per heavy atom. The molecule has 0 rings (SSSR count). The van der Waals surface area contributed by atoms with Crippen LogP contribution >= 0.6 is 0 Å². The molecular weight excluding hydrogens is 154 g/mol. The van der Waals surface area contributed by atoms with E-state index >= 15 is 0 Å². The summed E-state index contributed by atoms with van der Waals surface area (Å²) >= 11 is 0. The second kappa shape index (κ2) is 5.15. The van der Waals surface area contributed by atoms with Gasteiger partial charge in [-0.1, -0.05) is 12.8 Å². The molecule has 0 spiro atoms. The van der Waals surface area contributed by atoms with Crippen LogP contribution in [0.2, 0.25) is 0 Å². The number of rotatable bonds is 3. The summed E-state index contributed by atoms with van der Waals surface area (Å²) in [6.45, 7) is 3.27. The van der Waals surface area contributed by atoms with Gasteiger partial charge < -0.3 is 15.9 Å². The van der Waals surface area contributed by atoms with E-state index < -0.39 is 11.6 Å². The highest BCUT2D eigenvalue weighted by Crippen LogP contribution is 2.03. The van der Waals surface area contributed by atoms with Crippen LogP contribution in [0.3, 0.4) is 0 Å². The Hall–Kier alpha value is -0.560. The first-order chi connectivity index (χ1) is 5.54. The Morgan fingerprint density at radius 2 is 2.17 bits per heavy atom. The third-order valence-electron chi connectivity index (χ3n) is 1.60. The molecule has 0 fully saturated rings. The maximum atomic E-state index is 9.21. The Labute approximate surface area is 73.6 Å². The predicted octanol–water partition coefficient (Wildman–Crippen LogP) is -0.139. The first-order valence-electron chi connectivity index (χ1n) is 4.12. The van der Waals surface area contributed by atoms with Crippen LogP contribution in [0.4, 0.5) is 0 Å². The summed E-state index contributed by atoms with van der Waals surface area (Å²) in [5, 5.41) is 17.8. The van der Waals surface area contributed by atoms with Crippen LogP contribution in [0.1, 0.15) is 26.7 Å². The molecule has 0 aliphatic rings. The monoisotopic (exact) mass is 171 g/mol. The Morgan fingerprint density at radius 1 is 1.58 bits per heavy atom. The molecule has 0 aromatic carbocycles. The van der Waals surface area contributed by atoms with Crippen molar-refractivity contribution in [3.05, 3.63) is 0 Å². The highest BCUT2D eigenvalue weighted by Gasteiger charge is 2.24. The van der Waals surface area contributed by atoms with E-state index in [0.717, 1.165) is 12.8 Å². The number of hydrogen-bond acceptors (Lipinski definition) is 3. The van der Waals surface area contributed by atoms with Crippen molar-refractivity contribution in [2.24, 2.45) is 5.73 Å². The lowest BCUT2D eigenvalue weighted by Gasteiger charge is -2.22. The van der Waals surface area contributed by atoms with E-state index in [9.17, 15) is 5.11 Å². The van der Waals surface area contributed by atoms with Crippen molar-refractivity contribution in [3.63, 3.8) is 0 Å². The first-order valence-corrected chi connectivity index (χ1v) is 4.12. The summed E-state index contributed by atoms with van der Waals surface area (Å²) < 4.78 is 0. The molecular formula is C9H17NO2. The van der Waals surface area contributed by atoms with E-state index in [4.69, 9.17) is 10.8 Å². The Kier molecular flexibility index (Phi) is 4.91. The lowest BCUT2D eigenvalue weighted by atomic mass is 9.97. The van der Waals surface area contributed by atoms with Gasteiger partial charge in [0, 0.05) is 6.42 Å². The van der Waals surface area contributed by atoms with Crippen molar-refractivity contribution >= 4 is 0 Å². The summed E-state index contributed by atoms with van der Waals surface area (Å²) in [4.78, 5) is 0. The molecule has 0 saturated heterocycles. The molecule has 0 heterocycles. The summed E-state index contributed by atoms with van der Waals surface area (Å²) in [5.74, 6) is 5.57. The second-order valence-electron chi connectivity index (χ2n) is 3.03. The molecule has 3 nitrogen and oxygen atoms in total. The summed E-state index contributed by atoms with van der Waals surface area (Å²) in [6, 6.07) is 0. The fourth-order valence-electron chi connectivity index (χ4n) is 0.651. The van der Waals surface area contributed by atoms with Crippen LogP contribution in [0.5, 0.6) is 0 Å². The molecule has 0 aromatic rings. The third kappa shape index (κ3) is 3.72. The van der Waals surface area contributed by atoms with Gasteiger partial charge in [-0.3, -0.25) is 0 Å². The molecule has 12 heavy (non-hydrogen) atoms. The van der Waals surface area contributed by atoms with Crippen LogP contribution < -0.4 is 5.73 Å².